The molecule has 0 aliphatic heterocycles. The predicted octanol–water partition coefficient (Wildman–Crippen LogP) is 1.70. The van der Waals surface area contributed by atoms with Crippen LogP contribution in [0.2, 0.25) is 0 Å². The number of hydrogen-bond acceptors (Lipinski definition) is 3. The second kappa shape index (κ2) is 5.69. The summed E-state index contributed by atoms with van der Waals surface area (Å²) in [4.78, 5) is 10.3. The van der Waals surface area contributed by atoms with Crippen LogP contribution in [0.3, 0.4) is 0 Å². The topological polar surface area (TPSA) is 58.6 Å². The van der Waals surface area contributed by atoms with E-state index in [9.17, 15) is 4.79 Å². The van der Waals surface area contributed by atoms with Gasteiger partial charge in [-0.2, -0.15) is 0 Å². The summed E-state index contributed by atoms with van der Waals surface area (Å²) in [5.41, 5.74) is 3.88. The van der Waals surface area contributed by atoms with E-state index in [2.05, 4.69) is 17.5 Å². The molecule has 4 heteroatoms. The van der Waals surface area contributed by atoms with Gasteiger partial charge in [-0.25, -0.2) is 0 Å². The molecule has 1 aromatic rings. The van der Waals surface area contributed by atoms with Crippen molar-refractivity contribution in [3.63, 3.8) is 0 Å². The van der Waals surface area contributed by atoms with E-state index in [1.54, 1.807) is 7.11 Å². The van der Waals surface area contributed by atoms with Gasteiger partial charge in [-0.15, -0.1) is 0 Å². The molecule has 0 unspecified atom stereocenters. The molecule has 0 heterocycles. The van der Waals surface area contributed by atoms with Crippen molar-refractivity contribution in [2.45, 2.75) is 12.8 Å². The maximum Gasteiger partial charge on any atom is 0.304 e. The number of carboxylic acids is 1. The Morgan fingerprint density at radius 3 is 3.11 bits per heavy atom. The van der Waals surface area contributed by atoms with Crippen LogP contribution in [0.25, 0.3) is 5.57 Å². The van der Waals surface area contributed by atoms with Crippen LogP contribution in [0.1, 0.15) is 17.5 Å². The van der Waals surface area contributed by atoms with Gasteiger partial charge in [0.2, 0.25) is 0 Å². The standard InChI is InChI=1S/C14H17NO3/c1-18-12-3-2-10-8-11(13(10)9-12)4-6-15-7-5-14(16)17/h2-4,9,15H,5-8H2,1H3,(H,16,17)/b11-4-. The molecule has 1 aliphatic carbocycles. The zero-order chi connectivity index (χ0) is 13.0. The van der Waals surface area contributed by atoms with E-state index >= 15 is 0 Å². The summed E-state index contributed by atoms with van der Waals surface area (Å²) in [6, 6.07) is 6.10. The monoisotopic (exact) mass is 247 g/mol. The number of fused-ring (bicyclic) bond motifs is 1. The summed E-state index contributed by atoms with van der Waals surface area (Å²) in [5.74, 6) is 0.104. The molecule has 18 heavy (non-hydrogen) atoms. The normalized spacial score (nSPS) is 15.1. The second-order valence-electron chi connectivity index (χ2n) is 4.28. The first-order valence-electron chi connectivity index (χ1n) is 5.99. The third-order valence-corrected chi connectivity index (χ3v) is 3.05. The summed E-state index contributed by atoms with van der Waals surface area (Å²) >= 11 is 0. The fourth-order valence-electron chi connectivity index (χ4n) is 2.00. The van der Waals surface area contributed by atoms with Crippen molar-refractivity contribution in [3.05, 3.63) is 35.4 Å². The number of carboxylic acid groups (broad SMARTS) is 1. The average Bonchev–Trinajstić information content (AvgIpc) is 2.33. The Morgan fingerprint density at radius 2 is 2.39 bits per heavy atom. The summed E-state index contributed by atoms with van der Waals surface area (Å²) in [5, 5.41) is 11.6. The van der Waals surface area contributed by atoms with Gasteiger partial charge in [-0.1, -0.05) is 12.1 Å². The highest BCUT2D eigenvalue weighted by molar-refractivity contribution is 5.80. The molecule has 2 rings (SSSR count). The van der Waals surface area contributed by atoms with Gasteiger partial charge < -0.3 is 15.2 Å². The quantitative estimate of drug-likeness (QED) is 0.751. The van der Waals surface area contributed by atoms with Crippen molar-refractivity contribution in [2.24, 2.45) is 0 Å². The van der Waals surface area contributed by atoms with Crippen LogP contribution in [0.15, 0.2) is 24.3 Å². The lowest BCUT2D eigenvalue weighted by Crippen LogP contribution is -2.19. The number of benzene rings is 1. The second-order valence-corrected chi connectivity index (χ2v) is 4.28. The molecule has 0 spiro atoms. The Morgan fingerprint density at radius 1 is 1.56 bits per heavy atom. The van der Waals surface area contributed by atoms with E-state index in [0.29, 0.717) is 13.1 Å². The molecule has 4 nitrogen and oxygen atoms in total. The minimum absolute atomic E-state index is 0.160. The fourth-order valence-corrected chi connectivity index (χ4v) is 2.00. The molecule has 0 saturated heterocycles. The highest BCUT2D eigenvalue weighted by Crippen LogP contribution is 2.36. The Labute approximate surface area is 106 Å². The Hall–Kier alpha value is -1.81. The molecule has 0 aromatic heterocycles. The molecular formula is C14H17NO3. The Bertz CT molecular complexity index is 480. The molecule has 0 bridgehead atoms. The first kappa shape index (κ1) is 12.6. The molecule has 0 atom stereocenters. The molecular weight excluding hydrogens is 230 g/mol. The molecule has 2 N–H and O–H groups in total. The van der Waals surface area contributed by atoms with E-state index in [-0.39, 0.29) is 6.42 Å². The number of carbonyl (C=O) groups is 1. The van der Waals surface area contributed by atoms with Crippen LogP contribution in [-0.2, 0) is 11.2 Å². The molecule has 0 amide bonds. The SMILES string of the molecule is COc1ccc2c(c1)/C(=C\CNCCC(=O)O)C2. The molecule has 0 saturated carbocycles. The maximum atomic E-state index is 10.3. The number of rotatable bonds is 6. The molecule has 0 fully saturated rings. The molecule has 1 aromatic carbocycles. The third-order valence-electron chi connectivity index (χ3n) is 3.05. The van der Waals surface area contributed by atoms with Crippen LogP contribution >= 0.6 is 0 Å². The number of ether oxygens (including phenoxy) is 1. The number of methoxy groups -OCH3 is 1. The molecule has 96 valence electrons. The largest absolute Gasteiger partial charge is 0.497 e. The highest BCUT2D eigenvalue weighted by Gasteiger charge is 2.19. The van der Waals surface area contributed by atoms with Crippen LogP contribution < -0.4 is 10.1 Å². The molecule has 0 radical (unpaired) electrons. The van der Waals surface area contributed by atoms with Gasteiger partial charge in [-0.3, -0.25) is 4.79 Å². The minimum Gasteiger partial charge on any atom is -0.497 e. The van der Waals surface area contributed by atoms with Gasteiger partial charge >= 0.3 is 5.97 Å². The predicted molar refractivity (Wildman–Crippen MR) is 69.8 cm³/mol. The van der Waals surface area contributed by atoms with Crippen LogP contribution in [0.4, 0.5) is 0 Å². The number of aliphatic carboxylic acids is 1. The van der Waals surface area contributed by atoms with Gasteiger partial charge in [0.15, 0.2) is 0 Å². The number of hydrogen-bond donors (Lipinski definition) is 2. The first-order chi connectivity index (χ1) is 8.70. The van der Waals surface area contributed by atoms with E-state index < -0.39 is 5.97 Å². The lowest BCUT2D eigenvalue weighted by atomic mass is 9.82. The van der Waals surface area contributed by atoms with Crippen LogP contribution in [-0.4, -0.2) is 31.3 Å². The van der Waals surface area contributed by atoms with Crippen molar-refractivity contribution >= 4 is 11.5 Å². The van der Waals surface area contributed by atoms with E-state index in [1.807, 2.05) is 12.1 Å². The van der Waals surface area contributed by atoms with Gasteiger partial charge in [0.25, 0.3) is 0 Å². The lowest BCUT2D eigenvalue weighted by Gasteiger charge is -2.23. The van der Waals surface area contributed by atoms with Crippen molar-refractivity contribution in [1.29, 1.82) is 0 Å². The summed E-state index contributed by atoms with van der Waals surface area (Å²) in [7, 11) is 1.66. The number of nitrogens with one attached hydrogen (secondary N) is 1. The minimum atomic E-state index is -0.770. The maximum absolute atomic E-state index is 10.3. The van der Waals surface area contributed by atoms with Crippen molar-refractivity contribution in [3.8, 4) is 5.75 Å². The van der Waals surface area contributed by atoms with Gasteiger partial charge in [0, 0.05) is 13.1 Å². The van der Waals surface area contributed by atoms with Crippen molar-refractivity contribution in [2.75, 3.05) is 20.2 Å². The summed E-state index contributed by atoms with van der Waals surface area (Å²) in [6.07, 6.45) is 3.26. The lowest BCUT2D eigenvalue weighted by molar-refractivity contribution is -0.136. The van der Waals surface area contributed by atoms with Crippen molar-refractivity contribution in [1.82, 2.24) is 5.32 Å². The summed E-state index contributed by atoms with van der Waals surface area (Å²) < 4.78 is 5.19. The smallest absolute Gasteiger partial charge is 0.304 e. The van der Waals surface area contributed by atoms with E-state index in [4.69, 9.17) is 9.84 Å². The van der Waals surface area contributed by atoms with Crippen molar-refractivity contribution < 1.29 is 14.6 Å². The van der Waals surface area contributed by atoms with E-state index in [1.165, 1.54) is 16.7 Å². The van der Waals surface area contributed by atoms with E-state index in [0.717, 1.165) is 12.2 Å². The average molecular weight is 247 g/mol. The highest BCUT2D eigenvalue weighted by atomic mass is 16.5. The summed E-state index contributed by atoms with van der Waals surface area (Å²) in [6.45, 7) is 1.21. The zero-order valence-corrected chi connectivity index (χ0v) is 10.4. The van der Waals surface area contributed by atoms with Crippen LogP contribution in [0, 0.1) is 0 Å². The van der Waals surface area contributed by atoms with Gasteiger partial charge in [0.05, 0.1) is 13.5 Å². The van der Waals surface area contributed by atoms with Gasteiger partial charge in [0.1, 0.15) is 5.75 Å². The Balaban J connectivity index is 1.86. The van der Waals surface area contributed by atoms with Crippen LogP contribution in [0.5, 0.6) is 5.75 Å². The zero-order valence-electron chi connectivity index (χ0n) is 10.4. The fraction of sp³-hybridized carbons (Fsp3) is 0.357. The first-order valence-corrected chi connectivity index (χ1v) is 5.99. The third kappa shape index (κ3) is 2.90. The molecule has 1 aliphatic rings. The Kier molecular flexibility index (Phi) is 3.99. The number of allylic oxidation sites excluding steroid dienone is 1. The van der Waals surface area contributed by atoms with Gasteiger partial charge in [-0.05, 0) is 35.3 Å².